The van der Waals surface area contributed by atoms with Gasteiger partial charge in [0.05, 0.1) is 12.1 Å². The van der Waals surface area contributed by atoms with Crippen LogP contribution in [0.15, 0.2) is 30.5 Å². The molecular formula is C12H11F3N2S. The fraction of sp³-hybridized carbons (Fsp3) is 0.250. The molecular weight excluding hydrogens is 261 g/mol. The first-order chi connectivity index (χ1) is 8.47. The predicted octanol–water partition coefficient (Wildman–Crippen LogP) is 4.08. The number of aromatic nitrogens is 1. The van der Waals surface area contributed by atoms with Crippen molar-refractivity contribution in [1.82, 2.24) is 4.98 Å². The molecule has 18 heavy (non-hydrogen) atoms. The van der Waals surface area contributed by atoms with Gasteiger partial charge < -0.3 is 5.32 Å². The average molecular weight is 272 g/mol. The van der Waals surface area contributed by atoms with Crippen LogP contribution in [0.3, 0.4) is 0 Å². The Bertz CT molecular complexity index is 534. The van der Waals surface area contributed by atoms with E-state index in [1.54, 1.807) is 12.3 Å². The van der Waals surface area contributed by atoms with Crippen molar-refractivity contribution in [3.63, 3.8) is 0 Å². The summed E-state index contributed by atoms with van der Waals surface area (Å²) in [6.07, 6.45) is -2.64. The highest BCUT2D eigenvalue weighted by atomic mass is 32.1. The van der Waals surface area contributed by atoms with Crippen molar-refractivity contribution >= 4 is 17.0 Å². The van der Waals surface area contributed by atoms with E-state index in [1.165, 1.54) is 23.5 Å². The van der Waals surface area contributed by atoms with Crippen molar-refractivity contribution in [2.24, 2.45) is 0 Å². The molecule has 0 aliphatic heterocycles. The number of alkyl halides is 3. The van der Waals surface area contributed by atoms with Crippen LogP contribution in [-0.4, -0.2) is 4.98 Å². The summed E-state index contributed by atoms with van der Waals surface area (Å²) in [6.45, 7) is 2.20. The van der Waals surface area contributed by atoms with Gasteiger partial charge in [-0.05, 0) is 19.1 Å². The van der Waals surface area contributed by atoms with Crippen LogP contribution in [0, 0.1) is 6.92 Å². The summed E-state index contributed by atoms with van der Waals surface area (Å²) >= 11 is 1.47. The summed E-state index contributed by atoms with van der Waals surface area (Å²) in [5, 5.41) is 3.55. The van der Waals surface area contributed by atoms with E-state index in [0.717, 1.165) is 16.0 Å². The van der Waals surface area contributed by atoms with Crippen LogP contribution >= 0.6 is 11.3 Å². The third-order valence-corrected chi connectivity index (χ3v) is 3.24. The Kier molecular flexibility index (Phi) is 3.56. The van der Waals surface area contributed by atoms with Gasteiger partial charge in [-0.3, -0.25) is 0 Å². The largest absolute Gasteiger partial charge is 0.418 e. The molecule has 0 aliphatic rings. The van der Waals surface area contributed by atoms with Gasteiger partial charge in [-0.2, -0.15) is 13.2 Å². The number of anilines is 1. The molecule has 0 unspecified atom stereocenters. The Labute approximate surface area is 106 Å². The van der Waals surface area contributed by atoms with Crippen LogP contribution in [-0.2, 0) is 12.7 Å². The predicted molar refractivity (Wildman–Crippen MR) is 65.6 cm³/mol. The molecule has 0 saturated carbocycles. The summed E-state index contributed by atoms with van der Waals surface area (Å²) in [4.78, 5) is 5.14. The zero-order valence-corrected chi connectivity index (χ0v) is 10.4. The Morgan fingerprint density at radius 3 is 2.61 bits per heavy atom. The van der Waals surface area contributed by atoms with E-state index >= 15 is 0 Å². The topological polar surface area (TPSA) is 24.9 Å². The van der Waals surface area contributed by atoms with Crippen molar-refractivity contribution in [2.75, 3.05) is 5.32 Å². The fourth-order valence-electron chi connectivity index (χ4n) is 1.54. The van der Waals surface area contributed by atoms with E-state index in [2.05, 4.69) is 10.3 Å². The van der Waals surface area contributed by atoms with Gasteiger partial charge in [0.2, 0.25) is 0 Å². The molecule has 0 bridgehead atoms. The SMILES string of the molecule is Cc1cnc(CNc2ccccc2C(F)(F)F)s1. The minimum atomic E-state index is -4.34. The summed E-state index contributed by atoms with van der Waals surface area (Å²) in [5.41, 5.74) is -0.573. The number of rotatable bonds is 3. The third-order valence-electron chi connectivity index (χ3n) is 2.33. The quantitative estimate of drug-likeness (QED) is 0.910. The van der Waals surface area contributed by atoms with E-state index in [9.17, 15) is 13.2 Å². The van der Waals surface area contributed by atoms with Gasteiger partial charge in [-0.15, -0.1) is 11.3 Å². The molecule has 1 heterocycles. The van der Waals surface area contributed by atoms with Crippen molar-refractivity contribution in [1.29, 1.82) is 0 Å². The van der Waals surface area contributed by atoms with Crippen molar-refractivity contribution in [3.8, 4) is 0 Å². The third kappa shape index (κ3) is 3.01. The number of hydrogen-bond donors (Lipinski definition) is 1. The minimum Gasteiger partial charge on any atom is -0.378 e. The zero-order chi connectivity index (χ0) is 13.2. The first-order valence-corrected chi connectivity index (χ1v) is 6.10. The summed E-state index contributed by atoms with van der Waals surface area (Å²) in [7, 11) is 0. The molecule has 1 N–H and O–H groups in total. The highest BCUT2D eigenvalue weighted by Crippen LogP contribution is 2.34. The molecule has 2 aromatic rings. The second-order valence-corrected chi connectivity index (χ2v) is 5.08. The lowest BCUT2D eigenvalue weighted by molar-refractivity contribution is -0.136. The minimum absolute atomic E-state index is 0.0813. The van der Waals surface area contributed by atoms with Crippen LogP contribution in [0.1, 0.15) is 15.4 Å². The second-order valence-electron chi connectivity index (χ2n) is 3.76. The molecule has 2 nitrogen and oxygen atoms in total. The van der Waals surface area contributed by atoms with E-state index in [4.69, 9.17) is 0 Å². The molecule has 0 amide bonds. The number of nitrogens with zero attached hydrogens (tertiary/aromatic N) is 1. The summed E-state index contributed by atoms with van der Waals surface area (Å²) in [5.74, 6) is 0. The van der Waals surface area contributed by atoms with Gasteiger partial charge >= 0.3 is 6.18 Å². The van der Waals surface area contributed by atoms with Gasteiger partial charge in [-0.25, -0.2) is 4.98 Å². The number of benzene rings is 1. The van der Waals surface area contributed by atoms with Gasteiger partial charge in [0.15, 0.2) is 0 Å². The van der Waals surface area contributed by atoms with Crippen molar-refractivity contribution in [2.45, 2.75) is 19.6 Å². The Balaban J connectivity index is 2.14. The lowest BCUT2D eigenvalue weighted by Crippen LogP contribution is -2.10. The molecule has 0 radical (unpaired) electrons. The molecule has 0 aliphatic carbocycles. The van der Waals surface area contributed by atoms with Crippen LogP contribution < -0.4 is 5.32 Å². The van der Waals surface area contributed by atoms with Gasteiger partial charge in [0, 0.05) is 16.8 Å². The van der Waals surface area contributed by atoms with Gasteiger partial charge in [-0.1, -0.05) is 12.1 Å². The number of nitrogens with one attached hydrogen (secondary N) is 1. The maximum atomic E-state index is 12.7. The first kappa shape index (κ1) is 12.9. The summed E-state index contributed by atoms with van der Waals surface area (Å²) in [6, 6.07) is 5.44. The van der Waals surface area contributed by atoms with Crippen LogP contribution in [0.2, 0.25) is 0 Å². The van der Waals surface area contributed by atoms with Crippen LogP contribution in [0.25, 0.3) is 0 Å². The number of aryl methyl sites for hydroxylation is 1. The molecule has 6 heteroatoms. The molecule has 0 atom stereocenters. The van der Waals surface area contributed by atoms with E-state index in [0.29, 0.717) is 6.54 Å². The van der Waals surface area contributed by atoms with E-state index < -0.39 is 11.7 Å². The molecule has 1 aromatic heterocycles. The maximum Gasteiger partial charge on any atom is 0.418 e. The van der Waals surface area contributed by atoms with Crippen LogP contribution in [0.5, 0.6) is 0 Å². The number of thiazole rings is 1. The molecule has 2 rings (SSSR count). The van der Waals surface area contributed by atoms with Gasteiger partial charge in [0.1, 0.15) is 5.01 Å². The van der Waals surface area contributed by atoms with E-state index in [1.807, 2.05) is 6.92 Å². The van der Waals surface area contributed by atoms with E-state index in [-0.39, 0.29) is 5.69 Å². The Hall–Kier alpha value is -1.56. The highest BCUT2D eigenvalue weighted by molar-refractivity contribution is 7.11. The monoisotopic (exact) mass is 272 g/mol. The molecule has 96 valence electrons. The standard InChI is InChI=1S/C12H11F3N2S/c1-8-6-17-11(18-8)7-16-10-5-3-2-4-9(10)12(13,14)15/h2-6,16H,7H2,1H3. The van der Waals surface area contributed by atoms with Crippen molar-refractivity contribution < 1.29 is 13.2 Å². The lowest BCUT2D eigenvalue weighted by atomic mass is 10.1. The first-order valence-electron chi connectivity index (χ1n) is 5.28. The molecule has 0 saturated heterocycles. The molecule has 1 aromatic carbocycles. The normalized spacial score (nSPS) is 11.6. The highest BCUT2D eigenvalue weighted by Gasteiger charge is 2.33. The second kappa shape index (κ2) is 4.97. The Morgan fingerprint density at radius 1 is 1.28 bits per heavy atom. The van der Waals surface area contributed by atoms with Gasteiger partial charge in [0.25, 0.3) is 0 Å². The number of hydrogen-bond acceptors (Lipinski definition) is 3. The molecule has 0 fully saturated rings. The smallest absolute Gasteiger partial charge is 0.378 e. The lowest BCUT2D eigenvalue weighted by Gasteiger charge is -2.13. The number of halogens is 3. The maximum absolute atomic E-state index is 12.7. The number of para-hydroxylation sites is 1. The van der Waals surface area contributed by atoms with Crippen molar-refractivity contribution in [3.05, 3.63) is 45.9 Å². The zero-order valence-electron chi connectivity index (χ0n) is 9.58. The average Bonchev–Trinajstić information content (AvgIpc) is 2.72. The Morgan fingerprint density at radius 2 is 2.00 bits per heavy atom. The van der Waals surface area contributed by atoms with Crippen LogP contribution in [0.4, 0.5) is 18.9 Å². The summed E-state index contributed by atoms with van der Waals surface area (Å²) < 4.78 is 38.2. The fourth-order valence-corrected chi connectivity index (χ4v) is 2.27. The molecule has 0 spiro atoms.